The molecule has 2 heterocycles. The Morgan fingerprint density at radius 2 is 1.94 bits per heavy atom. The van der Waals surface area contributed by atoms with E-state index in [0.717, 1.165) is 11.3 Å². The summed E-state index contributed by atoms with van der Waals surface area (Å²) >= 11 is 0. The highest BCUT2D eigenvalue weighted by atomic mass is 16.5. The molecule has 9 nitrogen and oxygen atoms in total. The summed E-state index contributed by atoms with van der Waals surface area (Å²) in [4.78, 5) is 25.8. The number of amides is 1. The number of aromatic nitrogens is 3. The van der Waals surface area contributed by atoms with Crippen molar-refractivity contribution < 1.29 is 14.6 Å². The smallest absolute Gasteiger partial charge is 0.256 e. The highest BCUT2D eigenvalue weighted by Crippen LogP contribution is 2.23. The third-order valence-corrected chi connectivity index (χ3v) is 4.67. The zero-order valence-corrected chi connectivity index (χ0v) is 18.9. The van der Waals surface area contributed by atoms with Crippen LogP contribution >= 0.6 is 0 Å². The first-order chi connectivity index (χ1) is 15.8. The summed E-state index contributed by atoms with van der Waals surface area (Å²) in [7, 11) is 1.62. The molecule has 0 unspecified atom stereocenters. The molecule has 0 fully saturated rings. The normalized spacial score (nSPS) is 10.9. The van der Waals surface area contributed by atoms with Gasteiger partial charge in [0.15, 0.2) is 0 Å². The zero-order chi connectivity index (χ0) is 23.8. The number of methoxy groups -OCH3 is 1. The van der Waals surface area contributed by atoms with Gasteiger partial charge in [0.2, 0.25) is 5.95 Å². The molecule has 0 aliphatic heterocycles. The van der Waals surface area contributed by atoms with E-state index >= 15 is 0 Å². The largest absolute Gasteiger partial charge is 0.497 e. The molecule has 1 amide bonds. The number of nitrogens with zero attached hydrogens (tertiary/aromatic N) is 3. The summed E-state index contributed by atoms with van der Waals surface area (Å²) < 4.78 is 5.18. The molecule has 2 aromatic heterocycles. The molecule has 0 atom stereocenters. The van der Waals surface area contributed by atoms with Gasteiger partial charge >= 0.3 is 0 Å². The molecule has 0 aliphatic carbocycles. The maximum atomic E-state index is 12.6. The number of rotatable bonds is 10. The summed E-state index contributed by atoms with van der Waals surface area (Å²) in [5, 5.41) is 19.2. The molecule has 4 N–H and O–H groups in total. The minimum atomic E-state index is -1.11. The van der Waals surface area contributed by atoms with Gasteiger partial charge in [-0.05, 0) is 43.7 Å². The van der Waals surface area contributed by atoms with Crippen LogP contribution in [-0.4, -0.2) is 39.6 Å². The fourth-order valence-corrected chi connectivity index (χ4v) is 2.88. The van der Waals surface area contributed by atoms with Gasteiger partial charge < -0.3 is 25.8 Å². The monoisotopic (exact) mass is 448 g/mol. The van der Waals surface area contributed by atoms with Crippen LogP contribution in [0.15, 0.2) is 61.3 Å². The molecule has 0 radical (unpaired) electrons. The van der Waals surface area contributed by atoms with Crippen LogP contribution in [0.4, 0.5) is 17.6 Å². The third-order valence-electron chi connectivity index (χ3n) is 4.67. The third kappa shape index (κ3) is 6.50. The SMILES string of the molecule is C=CCNC(=O)c1cnc(NCc2ccc(OC)cc2)nc1Nc1cccc(C(C)(C)O)n1. The number of aliphatic hydroxyl groups is 1. The first kappa shape index (κ1) is 23.7. The van der Waals surface area contributed by atoms with Gasteiger partial charge in [0.05, 0.1) is 12.8 Å². The average Bonchev–Trinajstić information content (AvgIpc) is 2.81. The first-order valence-electron chi connectivity index (χ1n) is 10.4. The summed E-state index contributed by atoms with van der Waals surface area (Å²) in [6.07, 6.45) is 3.04. The molecule has 0 saturated carbocycles. The van der Waals surface area contributed by atoms with Crippen molar-refractivity contribution in [2.24, 2.45) is 0 Å². The molecule has 3 aromatic rings. The minimum Gasteiger partial charge on any atom is -0.497 e. The van der Waals surface area contributed by atoms with Crippen LogP contribution in [0.5, 0.6) is 5.75 Å². The Balaban J connectivity index is 1.86. The van der Waals surface area contributed by atoms with E-state index in [9.17, 15) is 9.90 Å². The number of hydrogen-bond donors (Lipinski definition) is 4. The van der Waals surface area contributed by atoms with Gasteiger partial charge in [-0.15, -0.1) is 6.58 Å². The number of benzene rings is 1. The van der Waals surface area contributed by atoms with Gasteiger partial charge in [0, 0.05) is 19.3 Å². The zero-order valence-electron chi connectivity index (χ0n) is 18.9. The van der Waals surface area contributed by atoms with E-state index in [1.54, 1.807) is 45.2 Å². The molecular formula is C24H28N6O3. The van der Waals surface area contributed by atoms with Gasteiger partial charge in [-0.3, -0.25) is 4.79 Å². The Labute approximate surface area is 193 Å². The number of carbonyl (C=O) groups excluding carboxylic acids is 1. The fourth-order valence-electron chi connectivity index (χ4n) is 2.88. The fraction of sp³-hybridized carbons (Fsp3) is 0.250. The van der Waals surface area contributed by atoms with Crippen molar-refractivity contribution in [1.29, 1.82) is 0 Å². The number of pyridine rings is 1. The average molecular weight is 449 g/mol. The molecule has 0 spiro atoms. The second-order valence-corrected chi connectivity index (χ2v) is 7.75. The van der Waals surface area contributed by atoms with E-state index in [0.29, 0.717) is 30.5 Å². The summed E-state index contributed by atoms with van der Waals surface area (Å²) in [6.45, 7) is 7.71. The molecule has 33 heavy (non-hydrogen) atoms. The van der Waals surface area contributed by atoms with Crippen LogP contribution in [0.2, 0.25) is 0 Å². The lowest BCUT2D eigenvalue weighted by molar-refractivity contribution is 0.0740. The molecule has 1 aromatic carbocycles. The number of anilines is 3. The van der Waals surface area contributed by atoms with Crippen molar-refractivity contribution in [3.05, 3.63) is 78.1 Å². The van der Waals surface area contributed by atoms with E-state index in [4.69, 9.17) is 4.74 Å². The first-order valence-corrected chi connectivity index (χ1v) is 10.4. The maximum Gasteiger partial charge on any atom is 0.256 e. The van der Waals surface area contributed by atoms with E-state index in [2.05, 4.69) is 37.5 Å². The van der Waals surface area contributed by atoms with Crippen molar-refractivity contribution >= 4 is 23.5 Å². The predicted molar refractivity (Wildman–Crippen MR) is 128 cm³/mol. The lowest BCUT2D eigenvalue weighted by Gasteiger charge is -2.18. The van der Waals surface area contributed by atoms with Crippen LogP contribution in [0.1, 0.15) is 35.5 Å². The van der Waals surface area contributed by atoms with Crippen LogP contribution in [0.3, 0.4) is 0 Å². The minimum absolute atomic E-state index is 0.252. The van der Waals surface area contributed by atoms with Gasteiger partial charge in [0.1, 0.15) is 28.5 Å². The van der Waals surface area contributed by atoms with Gasteiger partial charge in [-0.2, -0.15) is 4.98 Å². The molecular weight excluding hydrogens is 420 g/mol. The summed E-state index contributed by atoms with van der Waals surface area (Å²) in [6, 6.07) is 12.8. The number of ether oxygens (including phenoxy) is 1. The van der Waals surface area contributed by atoms with E-state index in [1.807, 2.05) is 24.3 Å². The number of nitrogens with one attached hydrogen (secondary N) is 3. The van der Waals surface area contributed by atoms with Crippen molar-refractivity contribution in [3.8, 4) is 5.75 Å². The quantitative estimate of drug-likeness (QED) is 0.348. The van der Waals surface area contributed by atoms with Crippen molar-refractivity contribution in [3.63, 3.8) is 0 Å². The van der Waals surface area contributed by atoms with Crippen LogP contribution in [0, 0.1) is 0 Å². The highest BCUT2D eigenvalue weighted by molar-refractivity contribution is 5.99. The van der Waals surface area contributed by atoms with Crippen LogP contribution in [-0.2, 0) is 12.1 Å². The Bertz CT molecular complexity index is 1110. The topological polar surface area (TPSA) is 121 Å². The standard InChI is InChI=1S/C24H28N6O3/c1-5-13-25-22(31)18-15-27-23(26-14-16-9-11-17(33-4)12-10-16)30-21(18)29-20-8-6-7-19(28-20)24(2,3)32/h5-12,15,32H,1,13-14H2,2-4H3,(H,25,31)(H2,26,27,28,29,30). The van der Waals surface area contributed by atoms with Gasteiger partial charge in [-0.1, -0.05) is 24.3 Å². The maximum absolute atomic E-state index is 12.6. The molecule has 0 aliphatic rings. The van der Waals surface area contributed by atoms with Gasteiger partial charge in [-0.25, -0.2) is 9.97 Å². The van der Waals surface area contributed by atoms with Crippen molar-refractivity contribution in [2.45, 2.75) is 26.0 Å². The Morgan fingerprint density at radius 1 is 1.18 bits per heavy atom. The highest BCUT2D eigenvalue weighted by Gasteiger charge is 2.19. The van der Waals surface area contributed by atoms with Crippen molar-refractivity contribution in [2.75, 3.05) is 24.3 Å². The van der Waals surface area contributed by atoms with Crippen molar-refractivity contribution in [1.82, 2.24) is 20.3 Å². The Kier molecular flexibility index (Phi) is 7.57. The molecule has 0 saturated heterocycles. The van der Waals surface area contributed by atoms with Gasteiger partial charge in [0.25, 0.3) is 5.91 Å². The molecule has 172 valence electrons. The Morgan fingerprint density at radius 3 is 2.61 bits per heavy atom. The number of carbonyl (C=O) groups is 1. The summed E-state index contributed by atoms with van der Waals surface area (Å²) in [5.74, 6) is 1.48. The lowest BCUT2D eigenvalue weighted by Crippen LogP contribution is -2.25. The molecule has 0 bridgehead atoms. The number of hydrogen-bond acceptors (Lipinski definition) is 8. The summed E-state index contributed by atoms with van der Waals surface area (Å²) in [5.41, 5.74) is 0.638. The molecule has 9 heteroatoms. The second-order valence-electron chi connectivity index (χ2n) is 7.75. The predicted octanol–water partition coefficient (Wildman–Crippen LogP) is 3.38. The Hall–Kier alpha value is -3.98. The van der Waals surface area contributed by atoms with E-state index in [-0.39, 0.29) is 17.3 Å². The van der Waals surface area contributed by atoms with E-state index < -0.39 is 5.60 Å². The lowest BCUT2D eigenvalue weighted by atomic mass is 10.1. The second kappa shape index (κ2) is 10.6. The van der Waals surface area contributed by atoms with Crippen LogP contribution < -0.4 is 20.7 Å². The molecule has 3 rings (SSSR count). The van der Waals surface area contributed by atoms with Crippen LogP contribution in [0.25, 0.3) is 0 Å². The van der Waals surface area contributed by atoms with E-state index in [1.165, 1.54) is 6.20 Å².